The van der Waals surface area contributed by atoms with Gasteiger partial charge < -0.3 is 15.8 Å². The zero-order valence-electron chi connectivity index (χ0n) is 20.7. The first-order chi connectivity index (χ1) is 16.9. The number of aromatic nitrogens is 4. The molecule has 0 bridgehead atoms. The van der Waals surface area contributed by atoms with Gasteiger partial charge in [0.2, 0.25) is 0 Å². The molecule has 0 aliphatic heterocycles. The minimum atomic E-state index is -0.176. The van der Waals surface area contributed by atoms with Gasteiger partial charge in [-0.05, 0) is 37.5 Å². The van der Waals surface area contributed by atoms with Crippen LogP contribution in [0, 0.1) is 6.92 Å². The van der Waals surface area contributed by atoms with Crippen LogP contribution in [0.5, 0.6) is 5.75 Å². The van der Waals surface area contributed by atoms with Crippen molar-refractivity contribution in [3.63, 3.8) is 0 Å². The van der Waals surface area contributed by atoms with E-state index >= 15 is 0 Å². The Kier molecular flexibility index (Phi) is 7.29. The Hall–Kier alpha value is -3.94. The molecule has 0 spiro atoms. The summed E-state index contributed by atoms with van der Waals surface area (Å²) >= 11 is 0. The number of fused-ring (bicyclic) bond motifs is 1. The standard InChI is InChI=1S/C27H32N6O2/c1-5-6-9-18(3)33-26-22(25(28)30-16-31-26)23(32-33)20-13-11-19(12-14-20)15-29-27(34)21-10-7-8-17(2)24(21)35-4/h7-8,10-14,16,18H,5-6,9,15H2,1-4H3,(H,29,34)(H2,28,30,31). The molecule has 4 aromatic rings. The van der Waals surface area contributed by atoms with Gasteiger partial charge >= 0.3 is 0 Å². The number of nitrogens with two attached hydrogens (primary N) is 1. The zero-order chi connectivity index (χ0) is 24.9. The molecule has 8 heteroatoms. The van der Waals surface area contributed by atoms with Crippen LogP contribution < -0.4 is 15.8 Å². The Balaban J connectivity index is 1.56. The summed E-state index contributed by atoms with van der Waals surface area (Å²) in [6.07, 6.45) is 4.75. The smallest absolute Gasteiger partial charge is 0.255 e. The van der Waals surface area contributed by atoms with Crippen LogP contribution in [-0.2, 0) is 6.54 Å². The number of nitrogen functional groups attached to an aromatic ring is 1. The predicted octanol–water partition coefficient (Wildman–Crippen LogP) is 5.07. The molecule has 2 aromatic carbocycles. The van der Waals surface area contributed by atoms with E-state index in [1.807, 2.05) is 48.0 Å². The van der Waals surface area contributed by atoms with Gasteiger partial charge in [0.25, 0.3) is 5.91 Å². The SMILES string of the molecule is CCCCC(C)n1nc(-c2ccc(CNC(=O)c3cccc(C)c3OC)cc2)c2c(N)ncnc21. The number of unbranched alkanes of at least 4 members (excludes halogenated alkanes) is 1. The van der Waals surface area contributed by atoms with E-state index in [0.717, 1.165) is 52.7 Å². The summed E-state index contributed by atoms with van der Waals surface area (Å²) in [7, 11) is 1.57. The van der Waals surface area contributed by atoms with Crippen molar-refractivity contribution in [2.75, 3.05) is 12.8 Å². The lowest BCUT2D eigenvalue weighted by atomic mass is 10.1. The number of aryl methyl sites for hydroxylation is 1. The van der Waals surface area contributed by atoms with Crippen molar-refractivity contribution in [1.82, 2.24) is 25.1 Å². The van der Waals surface area contributed by atoms with E-state index in [-0.39, 0.29) is 11.9 Å². The quantitative estimate of drug-likeness (QED) is 0.352. The Morgan fingerprint density at radius 3 is 2.66 bits per heavy atom. The van der Waals surface area contributed by atoms with E-state index in [1.54, 1.807) is 13.2 Å². The fourth-order valence-electron chi connectivity index (χ4n) is 4.29. The lowest BCUT2D eigenvalue weighted by Gasteiger charge is -2.12. The van der Waals surface area contributed by atoms with Crippen molar-refractivity contribution >= 4 is 22.8 Å². The number of nitrogens with zero attached hydrogens (tertiary/aromatic N) is 4. The molecule has 2 heterocycles. The minimum Gasteiger partial charge on any atom is -0.496 e. The fourth-order valence-corrected chi connectivity index (χ4v) is 4.29. The summed E-state index contributed by atoms with van der Waals surface area (Å²) in [5.74, 6) is 0.837. The van der Waals surface area contributed by atoms with E-state index in [9.17, 15) is 4.79 Å². The number of rotatable bonds is 9. The molecule has 4 rings (SSSR count). The molecule has 8 nitrogen and oxygen atoms in total. The van der Waals surface area contributed by atoms with Crippen molar-refractivity contribution in [2.24, 2.45) is 0 Å². The summed E-state index contributed by atoms with van der Waals surface area (Å²) in [5.41, 5.74) is 11.1. The van der Waals surface area contributed by atoms with Gasteiger partial charge in [0.05, 0.1) is 24.1 Å². The number of nitrogens with one attached hydrogen (secondary N) is 1. The summed E-state index contributed by atoms with van der Waals surface area (Å²) in [4.78, 5) is 21.4. The summed E-state index contributed by atoms with van der Waals surface area (Å²) < 4.78 is 7.37. The first-order valence-electron chi connectivity index (χ1n) is 11.9. The first-order valence-corrected chi connectivity index (χ1v) is 11.9. The molecule has 0 fully saturated rings. The van der Waals surface area contributed by atoms with Crippen molar-refractivity contribution in [3.05, 3.63) is 65.5 Å². The molecule has 0 aliphatic carbocycles. The van der Waals surface area contributed by atoms with E-state index < -0.39 is 0 Å². The summed E-state index contributed by atoms with van der Waals surface area (Å²) in [6, 6.07) is 13.7. The highest BCUT2D eigenvalue weighted by molar-refractivity contribution is 5.98. The largest absolute Gasteiger partial charge is 0.496 e. The van der Waals surface area contributed by atoms with Crippen molar-refractivity contribution in [1.29, 1.82) is 0 Å². The number of carbonyl (C=O) groups excluding carboxylic acids is 1. The maximum Gasteiger partial charge on any atom is 0.255 e. The molecule has 35 heavy (non-hydrogen) atoms. The number of methoxy groups -OCH3 is 1. The normalized spacial score (nSPS) is 12.0. The number of anilines is 1. The lowest BCUT2D eigenvalue weighted by molar-refractivity contribution is 0.0947. The highest BCUT2D eigenvalue weighted by Crippen LogP contribution is 2.32. The molecule has 0 saturated heterocycles. The summed E-state index contributed by atoms with van der Waals surface area (Å²) in [5, 5.41) is 8.64. The Morgan fingerprint density at radius 1 is 1.17 bits per heavy atom. The van der Waals surface area contributed by atoms with Gasteiger partial charge in [-0.25, -0.2) is 14.6 Å². The van der Waals surface area contributed by atoms with Gasteiger partial charge in [-0.3, -0.25) is 4.79 Å². The van der Waals surface area contributed by atoms with Crippen molar-refractivity contribution in [2.45, 2.75) is 52.6 Å². The molecule has 2 aromatic heterocycles. The van der Waals surface area contributed by atoms with E-state index in [0.29, 0.717) is 23.7 Å². The number of para-hydroxylation sites is 1. The van der Waals surface area contributed by atoms with Gasteiger partial charge in [-0.2, -0.15) is 5.10 Å². The molecule has 3 N–H and O–H groups in total. The number of hydrogen-bond donors (Lipinski definition) is 2. The third-order valence-electron chi connectivity index (χ3n) is 6.25. The topological polar surface area (TPSA) is 108 Å². The molecule has 182 valence electrons. The summed E-state index contributed by atoms with van der Waals surface area (Å²) in [6.45, 7) is 6.65. The van der Waals surface area contributed by atoms with Crippen LogP contribution in [-0.4, -0.2) is 32.8 Å². The average molecular weight is 473 g/mol. The molecular weight excluding hydrogens is 440 g/mol. The maximum absolute atomic E-state index is 12.7. The van der Waals surface area contributed by atoms with Crippen LogP contribution in [0.3, 0.4) is 0 Å². The highest BCUT2D eigenvalue weighted by atomic mass is 16.5. The van der Waals surface area contributed by atoms with Crippen LogP contribution in [0.2, 0.25) is 0 Å². The maximum atomic E-state index is 12.7. The third-order valence-corrected chi connectivity index (χ3v) is 6.25. The number of benzene rings is 2. The molecule has 1 unspecified atom stereocenters. The molecule has 0 saturated carbocycles. The Labute approximate surface area is 205 Å². The number of carbonyl (C=O) groups is 1. The monoisotopic (exact) mass is 472 g/mol. The zero-order valence-corrected chi connectivity index (χ0v) is 20.7. The number of ether oxygens (including phenoxy) is 1. The van der Waals surface area contributed by atoms with E-state index in [2.05, 4.69) is 29.1 Å². The molecule has 0 aliphatic rings. The second kappa shape index (κ2) is 10.5. The number of hydrogen-bond acceptors (Lipinski definition) is 6. The van der Waals surface area contributed by atoms with Crippen molar-refractivity contribution in [3.8, 4) is 17.0 Å². The van der Waals surface area contributed by atoms with Crippen LogP contribution in [0.15, 0.2) is 48.8 Å². The van der Waals surface area contributed by atoms with Gasteiger partial charge in [0.15, 0.2) is 5.65 Å². The molecule has 1 atom stereocenters. The van der Waals surface area contributed by atoms with Gasteiger partial charge in [0.1, 0.15) is 23.6 Å². The third kappa shape index (κ3) is 4.96. The predicted molar refractivity (Wildman–Crippen MR) is 138 cm³/mol. The lowest BCUT2D eigenvalue weighted by Crippen LogP contribution is -2.23. The molecule has 1 amide bonds. The van der Waals surface area contributed by atoms with E-state index in [1.165, 1.54) is 6.33 Å². The number of amides is 1. The van der Waals surface area contributed by atoms with Gasteiger partial charge in [-0.15, -0.1) is 0 Å². The second-order valence-corrected chi connectivity index (χ2v) is 8.78. The van der Waals surface area contributed by atoms with Gasteiger partial charge in [0, 0.05) is 12.1 Å². The molecular formula is C27H32N6O2. The second-order valence-electron chi connectivity index (χ2n) is 8.78. The molecule has 0 radical (unpaired) electrons. The van der Waals surface area contributed by atoms with E-state index in [4.69, 9.17) is 15.6 Å². The fraction of sp³-hybridized carbons (Fsp3) is 0.333. The van der Waals surface area contributed by atoms with Crippen LogP contribution in [0.1, 0.15) is 60.6 Å². The Bertz CT molecular complexity index is 1330. The van der Waals surface area contributed by atoms with Crippen LogP contribution in [0.25, 0.3) is 22.3 Å². The minimum absolute atomic E-state index is 0.176. The Morgan fingerprint density at radius 2 is 1.94 bits per heavy atom. The van der Waals surface area contributed by atoms with Gasteiger partial charge in [-0.1, -0.05) is 56.2 Å². The van der Waals surface area contributed by atoms with Crippen LogP contribution in [0.4, 0.5) is 5.82 Å². The van der Waals surface area contributed by atoms with Crippen molar-refractivity contribution < 1.29 is 9.53 Å². The highest BCUT2D eigenvalue weighted by Gasteiger charge is 2.20. The average Bonchev–Trinajstić information content (AvgIpc) is 3.27. The van der Waals surface area contributed by atoms with Crippen LogP contribution >= 0.6 is 0 Å². The first kappa shape index (κ1) is 24.2.